The maximum Gasteiger partial charge on any atom is 0.256 e. The van der Waals surface area contributed by atoms with Crippen molar-refractivity contribution in [3.63, 3.8) is 0 Å². The highest BCUT2D eigenvalue weighted by molar-refractivity contribution is 5.94. The maximum absolute atomic E-state index is 13.9. The van der Waals surface area contributed by atoms with Gasteiger partial charge in [-0.1, -0.05) is 0 Å². The van der Waals surface area contributed by atoms with Crippen LogP contribution in [0.15, 0.2) is 42.5 Å². The van der Waals surface area contributed by atoms with E-state index < -0.39 is 17.5 Å². The number of carbonyl (C=O) groups excluding carboxylic acids is 1. The average molecular weight is 402 g/mol. The molecule has 0 aliphatic carbocycles. The number of hydrogen-bond donors (Lipinski definition) is 0. The predicted molar refractivity (Wildman–Crippen MR) is 96.7 cm³/mol. The highest BCUT2D eigenvalue weighted by Gasteiger charge is 2.25. The SMILES string of the molecule is O=C(c1ccc(F)cc1F)N1CCN(Cc2nnnn2-c2ccc(F)cc2)CC1. The third kappa shape index (κ3) is 4.11. The number of nitrogens with zero attached hydrogens (tertiary/aromatic N) is 6. The molecule has 1 aliphatic heterocycles. The number of aromatic nitrogens is 4. The number of hydrogen-bond acceptors (Lipinski definition) is 5. The van der Waals surface area contributed by atoms with Gasteiger partial charge in [0.1, 0.15) is 17.5 Å². The molecular formula is C19H17F3N6O. The van der Waals surface area contributed by atoms with Gasteiger partial charge in [0.25, 0.3) is 5.91 Å². The Morgan fingerprint density at radius 2 is 1.62 bits per heavy atom. The second kappa shape index (κ2) is 8.00. The summed E-state index contributed by atoms with van der Waals surface area (Å²) in [5, 5.41) is 11.7. The van der Waals surface area contributed by atoms with E-state index in [1.165, 1.54) is 21.7 Å². The van der Waals surface area contributed by atoms with Gasteiger partial charge in [-0.3, -0.25) is 9.69 Å². The Bertz CT molecular complexity index is 1020. The zero-order valence-electron chi connectivity index (χ0n) is 15.3. The van der Waals surface area contributed by atoms with Gasteiger partial charge in [-0.15, -0.1) is 5.10 Å². The van der Waals surface area contributed by atoms with Crippen molar-refractivity contribution in [1.82, 2.24) is 30.0 Å². The van der Waals surface area contributed by atoms with Crippen LogP contribution >= 0.6 is 0 Å². The lowest BCUT2D eigenvalue weighted by Gasteiger charge is -2.34. The van der Waals surface area contributed by atoms with Gasteiger partial charge in [-0.25, -0.2) is 13.2 Å². The lowest BCUT2D eigenvalue weighted by Crippen LogP contribution is -2.48. The van der Waals surface area contributed by atoms with Crippen molar-refractivity contribution in [3.05, 3.63) is 71.3 Å². The van der Waals surface area contributed by atoms with E-state index in [9.17, 15) is 18.0 Å². The summed E-state index contributed by atoms with van der Waals surface area (Å²) in [6.45, 7) is 2.33. The highest BCUT2D eigenvalue weighted by Crippen LogP contribution is 2.16. The van der Waals surface area contributed by atoms with Crippen LogP contribution in [0.3, 0.4) is 0 Å². The van der Waals surface area contributed by atoms with Crippen LogP contribution in [0.2, 0.25) is 0 Å². The molecule has 7 nitrogen and oxygen atoms in total. The monoisotopic (exact) mass is 402 g/mol. The minimum Gasteiger partial charge on any atom is -0.336 e. The van der Waals surface area contributed by atoms with Crippen LogP contribution in [0.1, 0.15) is 16.2 Å². The number of tetrazole rings is 1. The fraction of sp³-hybridized carbons (Fsp3) is 0.263. The summed E-state index contributed by atoms with van der Waals surface area (Å²) < 4.78 is 41.6. The van der Waals surface area contributed by atoms with Gasteiger partial charge in [0.05, 0.1) is 17.8 Å². The number of rotatable bonds is 4. The number of halogens is 3. The zero-order valence-corrected chi connectivity index (χ0v) is 15.3. The zero-order chi connectivity index (χ0) is 20.4. The molecule has 3 aromatic rings. The van der Waals surface area contributed by atoms with Crippen LogP contribution in [0, 0.1) is 17.5 Å². The summed E-state index contributed by atoms with van der Waals surface area (Å²) in [5.74, 6) is -1.81. The van der Waals surface area contributed by atoms with E-state index in [2.05, 4.69) is 20.4 Å². The van der Waals surface area contributed by atoms with E-state index in [1.54, 1.807) is 12.1 Å². The Labute approximate surface area is 164 Å². The highest BCUT2D eigenvalue weighted by atomic mass is 19.1. The molecule has 2 heterocycles. The van der Waals surface area contributed by atoms with Gasteiger partial charge in [0.2, 0.25) is 0 Å². The molecule has 0 atom stereocenters. The van der Waals surface area contributed by atoms with Crippen LogP contribution in [0.5, 0.6) is 0 Å². The maximum atomic E-state index is 13.9. The van der Waals surface area contributed by atoms with Crippen LogP contribution in [-0.4, -0.2) is 62.1 Å². The molecule has 29 heavy (non-hydrogen) atoms. The lowest BCUT2D eigenvalue weighted by atomic mass is 10.1. The molecule has 0 saturated carbocycles. The normalized spacial score (nSPS) is 14.9. The summed E-state index contributed by atoms with van der Waals surface area (Å²) in [4.78, 5) is 16.1. The molecule has 0 spiro atoms. The minimum atomic E-state index is -0.865. The van der Waals surface area contributed by atoms with Gasteiger partial charge < -0.3 is 4.90 Å². The molecule has 0 radical (unpaired) electrons. The Morgan fingerprint density at radius 1 is 0.931 bits per heavy atom. The van der Waals surface area contributed by atoms with Crippen molar-refractivity contribution in [2.75, 3.05) is 26.2 Å². The second-order valence-electron chi connectivity index (χ2n) is 6.68. The topological polar surface area (TPSA) is 67.2 Å². The molecule has 4 rings (SSSR count). The lowest BCUT2D eigenvalue weighted by molar-refractivity contribution is 0.0620. The van der Waals surface area contributed by atoms with Crippen molar-refractivity contribution in [2.45, 2.75) is 6.54 Å². The summed E-state index contributed by atoms with van der Waals surface area (Å²) in [7, 11) is 0. The smallest absolute Gasteiger partial charge is 0.256 e. The van der Waals surface area contributed by atoms with Gasteiger partial charge in [-0.2, -0.15) is 4.68 Å². The first-order valence-corrected chi connectivity index (χ1v) is 9.01. The van der Waals surface area contributed by atoms with Crippen LogP contribution in [0.4, 0.5) is 13.2 Å². The van der Waals surface area contributed by atoms with E-state index in [0.29, 0.717) is 50.3 Å². The Balaban J connectivity index is 1.39. The summed E-state index contributed by atoms with van der Waals surface area (Å²) in [6, 6.07) is 8.78. The number of amides is 1. The van der Waals surface area contributed by atoms with Crippen molar-refractivity contribution >= 4 is 5.91 Å². The average Bonchev–Trinajstić information content (AvgIpc) is 3.17. The third-order valence-electron chi connectivity index (χ3n) is 4.79. The van der Waals surface area contributed by atoms with E-state index >= 15 is 0 Å². The van der Waals surface area contributed by atoms with Crippen molar-refractivity contribution in [2.24, 2.45) is 0 Å². The number of benzene rings is 2. The Morgan fingerprint density at radius 3 is 2.31 bits per heavy atom. The first-order valence-electron chi connectivity index (χ1n) is 9.01. The van der Waals surface area contributed by atoms with Crippen molar-refractivity contribution in [1.29, 1.82) is 0 Å². The fourth-order valence-corrected chi connectivity index (χ4v) is 3.23. The molecule has 10 heteroatoms. The molecule has 0 bridgehead atoms. The quantitative estimate of drug-likeness (QED) is 0.668. The van der Waals surface area contributed by atoms with E-state index in [0.717, 1.165) is 12.1 Å². The molecule has 1 fully saturated rings. The molecule has 1 aromatic heterocycles. The molecule has 150 valence electrons. The molecule has 1 saturated heterocycles. The standard InChI is InChI=1S/C19H17F3N6O/c20-13-1-4-15(5-2-13)28-18(23-24-25-28)12-26-7-9-27(10-8-26)19(29)16-6-3-14(21)11-17(16)22/h1-6,11H,7-10,12H2. The van der Waals surface area contributed by atoms with E-state index in [1.807, 2.05) is 0 Å². The Hall–Kier alpha value is -3.27. The molecule has 2 aromatic carbocycles. The van der Waals surface area contributed by atoms with Crippen LogP contribution < -0.4 is 0 Å². The molecule has 0 unspecified atom stereocenters. The largest absolute Gasteiger partial charge is 0.336 e. The van der Waals surface area contributed by atoms with E-state index in [-0.39, 0.29) is 11.4 Å². The van der Waals surface area contributed by atoms with Gasteiger partial charge in [0, 0.05) is 32.2 Å². The van der Waals surface area contributed by atoms with Crippen molar-refractivity contribution < 1.29 is 18.0 Å². The number of carbonyl (C=O) groups is 1. The predicted octanol–water partition coefficient (Wildman–Crippen LogP) is 2.04. The molecule has 1 amide bonds. The summed E-state index contributed by atoms with van der Waals surface area (Å²) in [5.41, 5.74) is 0.507. The third-order valence-corrected chi connectivity index (χ3v) is 4.79. The van der Waals surface area contributed by atoms with Crippen molar-refractivity contribution in [3.8, 4) is 5.69 Å². The van der Waals surface area contributed by atoms with Gasteiger partial charge >= 0.3 is 0 Å². The Kier molecular flexibility index (Phi) is 5.26. The summed E-state index contributed by atoms with van der Waals surface area (Å²) in [6.07, 6.45) is 0. The molecular weight excluding hydrogens is 385 g/mol. The van der Waals surface area contributed by atoms with E-state index in [4.69, 9.17) is 0 Å². The summed E-state index contributed by atoms with van der Waals surface area (Å²) >= 11 is 0. The van der Waals surface area contributed by atoms with Crippen LogP contribution in [-0.2, 0) is 6.54 Å². The minimum absolute atomic E-state index is 0.139. The first kappa shape index (κ1) is 19.1. The number of piperazine rings is 1. The second-order valence-corrected chi connectivity index (χ2v) is 6.68. The molecule has 0 N–H and O–H groups in total. The first-order chi connectivity index (χ1) is 14.0. The molecule has 1 aliphatic rings. The van der Waals surface area contributed by atoms with Crippen LogP contribution in [0.25, 0.3) is 5.69 Å². The van der Waals surface area contributed by atoms with Gasteiger partial charge in [-0.05, 0) is 46.8 Å². The van der Waals surface area contributed by atoms with Gasteiger partial charge in [0.15, 0.2) is 5.82 Å². The fourth-order valence-electron chi connectivity index (χ4n) is 3.23.